The molecular weight excluding hydrogens is 640 g/mol. The number of methoxy groups -OCH3 is 1. The number of carboxylic acids is 1. The predicted octanol–water partition coefficient (Wildman–Crippen LogP) is 2.96. The molecule has 0 radical (unpaired) electrons. The predicted molar refractivity (Wildman–Crippen MR) is 164 cm³/mol. The fraction of sp³-hybridized carbons (Fsp3) is 0.161. The molecule has 0 aliphatic carbocycles. The normalized spacial score (nSPS) is 16.5. The van der Waals surface area contributed by atoms with Gasteiger partial charge in [-0.15, -0.1) is 4.90 Å². The monoisotopic (exact) mass is 666 g/mol. The van der Waals surface area contributed by atoms with Crippen LogP contribution in [0.2, 0.25) is 0 Å². The van der Waals surface area contributed by atoms with Crippen LogP contribution in [-0.2, 0) is 26.0 Å². The summed E-state index contributed by atoms with van der Waals surface area (Å²) in [6.45, 7) is 0. The maximum Gasteiger partial charge on any atom is 0.506 e. The number of hydrogen-bond donors (Lipinski definition) is 3. The minimum Gasteiger partial charge on any atom is -0.495 e. The summed E-state index contributed by atoms with van der Waals surface area (Å²) in [5.41, 5.74) is -0.670. The summed E-state index contributed by atoms with van der Waals surface area (Å²) in [6, 6.07) is 10.2. The molecule has 2 aliphatic heterocycles. The number of carbonyl (C=O) groups is 4. The van der Waals surface area contributed by atoms with Gasteiger partial charge >= 0.3 is 17.9 Å². The molecular formula is C31H26F2N5O8S+. The minimum absolute atomic E-state index is 0.0167. The van der Waals surface area contributed by atoms with Crippen molar-refractivity contribution in [3.8, 4) is 5.75 Å². The second-order valence-electron chi connectivity index (χ2n) is 10.3. The second kappa shape index (κ2) is 12.9. The van der Waals surface area contributed by atoms with Crippen molar-refractivity contribution in [1.29, 1.82) is 0 Å². The number of benzene rings is 3. The number of fused-ring (bicyclic) bond motifs is 1. The zero-order valence-electron chi connectivity index (χ0n) is 24.7. The van der Waals surface area contributed by atoms with Gasteiger partial charge in [0, 0.05) is 12.6 Å². The number of halogens is 2. The van der Waals surface area contributed by atoms with E-state index in [1.54, 1.807) is 6.08 Å². The first-order chi connectivity index (χ1) is 22.3. The van der Waals surface area contributed by atoms with Crippen molar-refractivity contribution in [1.82, 2.24) is 5.32 Å². The van der Waals surface area contributed by atoms with Crippen molar-refractivity contribution in [2.45, 2.75) is 17.4 Å². The topological polar surface area (TPSA) is 175 Å². The Morgan fingerprint density at radius 1 is 1.09 bits per heavy atom. The molecule has 1 unspecified atom stereocenters. The van der Waals surface area contributed by atoms with E-state index in [0.29, 0.717) is 23.4 Å². The number of imide groups is 1. The number of carbonyl (C=O) groups excluding carboxylic acids is 3. The van der Waals surface area contributed by atoms with E-state index in [2.05, 4.69) is 10.3 Å². The Balaban J connectivity index is 1.30. The standard InChI is InChI=1S/C31H25F2N5O8S/c1-37-24-16-34-12-11-20(24)29(40)38(31(37)43)19-9-7-17(8-10-19)13-23(30(41)42)35-28(39)27-21(32)14-18(15-22(27)33)36-47(44,45)26-6-4-3-5-25(26)46-2/h3-12,14-16,20,23H,13H2,1-2H3,(H2-,35,36,39,41,42)/p+1/t20?,23-/m0/s1. The SMILES string of the molecule is COc1ccccc1S(=O)(=O)Nc1cc(F)c(C(=O)N[C@@H](Cc2ccc(N3C(=O)C4C=CN=CC4=[N+](C)C3=O)cc2)C(=O)O)c(F)c1. The van der Waals surface area contributed by atoms with Crippen molar-refractivity contribution in [2.75, 3.05) is 23.8 Å². The lowest BCUT2D eigenvalue weighted by Gasteiger charge is -2.24. The van der Waals surface area contributed by atoms with E-state index in [1.807, 2.05) is 4.72 Å². The van der Waals surface area contributed by atoms with E-state index in [9.17, 15) is 41.5 Å². The largest absolute Gasteiger partial charge is 0.506 e. The zero-order valence-corrected chi connectivity index (χ0v) is 25.5. The lowest BCUT2D eigenvalue weighted by molar-refractivity contribution is -0.392. The molecule has 5 rings (SSSR count). The van der Waals surface area contributed by atoms with Crippen LogP contribution in [-0.4, -0.2) is 74.0 Å². The molecule has 47 heavy (non-hydrogen) atoms. The van der Waals surface area contributed by atoms with Gasteiger partial charge in [0.05, 0.1) is 26.1 Å². The molecule has 13 nitrogen and oxygen atoms in total. The quantitative estimate of drug-likeness (QED) is 0.277. The highest BCUT2D eigenvalue weighted by Gasteiger charge is 2.47. The van der Waals surface area contributed by atoms with Gasteiger partial charge < -0.3 is 15.2 Å². The van der Waals surface area contributed by atoms with Crippen LogP contribution in [0, 0.1) is 17.6 Å². The first kappa shape index (κ1) is 32.6. The summed E-state index contributed by atoms with van der Waals surface area (Å²) in [7, 11) is -1.60. The highest BCUT2D eigenvalue weighted by Crippen LogP contribution is 2.28. The number of aliphatic carboxylic acids is 1. The Bertz CT molecular complexity index is 1990. The van der Waals surface area contributed by atoms with Crippen molar-refractivity contribution in [2.24, 2.45) is 10.9 Å². The van der Waals surface area contributed by atoms with Crippen molar-refractivity contribution in [3.05, 3.63) is 95.7 Å². The maximum absolute atomic E-state index is 15.0. The van der Waals surface area contributed by atoms with Gasteiger partial charge in [-0.1, -0.05) is 24.3 Å². The molecule has 242 valence electrons. The molecule has 16 heteroatoms. The fourth-order valence-electron chi connectivity index (χ4n) is 5.02. The Hall–Kier alpha value is -5.77. The smallest absolute Gasteiger partial charge is 0.495 e. The van der Waals surface area contributed by atoms with Crippen LogP contribution >= 0.6 is 0 Å². The van der Waals surface area contributed by atoms with E-state index in [1.165, 1.54) is 79.7 Å². The number of hydrogen-bond acceptors (Lipinski definition) is 8. The fourth-order valence-corrected chi connectivity index (χ4v) is 6.23. The minimum atomic E-state index is -4.35. The number of anilines is 2. The van der Waals surface area contributed by atoms with Crippen molar-refractivity contribution in [3.63, 3.8) is 0 Å². The summed E-state index contributed by atoms with van der Waals surface area (Å²) in [4.78, 5) is 55.5. The number of rotatable bonds is 10. The molecule has 0 fully saturated rings. The van der Waals surface area contributed by atoms with Gasteiger partial charge in [-0.3, -0.25) is 14.5 Å². The van der Waals surface area contributed by atoms with Crippen LogP contribution < -0.4 is 19.7 Å². The Morgan fingerprint density at radius 3 is 2.38 bits per heavy atom. The number of amides is 4. The number of ether oxygens (including phenoxy) is 1. The highest BCUT2D eigenvalue weighted by atomic mass is 32.2. The molecule has 3 aromatic rings. The average molecular weight is 667 g/mol. The van der Waals surface area contributed by atoms with E-state index in [4.69, 9.17) is 4.74 Å². The van der Waals surface area contributed by atoms with Gasteiger partial charge in [0.2, 0.25) is 0 Å². The number of para-hydroxylation sites is 1. The molecule has 3 aromatic carbocycles. The number of sulfonamides is 1. The van der Waals surface area contributed by atoms with Gasteiger partial charge in [0.25, 0.3) is 15.9 Å². The molecule has 2 atom stereocenters. The molecule has 0 aromatic heterocycles. The molecule has 3 N–H and O–H groups in total. The molecule has 2 aliphatic rings. The summed E-state index contributed by atoms with van der Waals surface area (Å²) < 4.78 is 63.9. The number of aliphatic imine (C=N–C) groups is 1. The van der Waals surface area contributed by atoms with Gasteiger partial charge in [0.1, 0.15) is 51.2 Å². The van der Waals surface area contributed by atoms with Crippen LogP contribution in [0.4, 0.5) is 25.0 Å². The molecule has 0 saturated carbocycles. The lowest BCUT2D eigenvalue weighted by Crippen LogP contribution is -2.54. The third-order valence-corrected chi connectivity index (χ3v) is 8.78. The third kappa shape index (κ3) is 6.48. The van der Waals surface area contributed by atoms with Crippen LogP contribution in [0.5, 0.6) is 5.75 Å². The number of nitrogens with zero attached hydrogens (tertiary/aromatic N) is 3. The van der Waals surface area contributed by atoms with Crippen LogP contribution in [0.1, 0.15) is 15.9 Å². The van der Waals surface area contributed by atoms with Gasteiger partial charge in [-0.2, -0.15) is 9.37 Å². The average Bonchev–Trinajstić information content (AvgIpc) is 3.03. The van der Waals surface area contributed by atoms with Gasteiger partial charge in [0.15, 0.2) is 0 Å². The van der Waals surface area contributed by atoms with Crippen LogP contribution in [0.3, 0.4) is 0 Å². The van der Waals surface area contributed by atoms with E-state index in [-0.39, 0.29) is 22.8 Å². The van der Waals surface area contributed by atoms with Gasteiger partial charge in [-0.05, 0) is 48.0 Å². The first-order valence-corrected chi connectivity index (χ1v) is 15.3. The number of nitrogens with one attached hydrogen (secondary N) is 2. The Labute approximate surface area is 266 Å². The summed E-state index contributed by atoms with van der Waals surface area (Å²) in [5.74, 6) is -7.05. The number of carboxylic acid groups (broad SMARTS) is 1. The van der Waals surface area contributed by atoms with E-state index >= 15 is 0 Å². The second-order valence-corrected chi connectivity index (χ2v) is 12.0. The molecule has 4 amide bonds. The van der Waals surface area contributed by atoms with Crippen LogP contribution in [0.25, 0.3) is 0 Å². The molecule has 2 heterocycles. The Morgan fingerprint density at radius 2 is 1.74 bits per heavy atom. The van der Waals surface area contributed by atoms with Crippen molar-refractivity contribution >= 4 is 57.1 Å². The molecule has 0 bridgehead atoms. The first-order valence-electron chi connectivity index (χ1n) is 13.8. The summed E-state index contributed by atoms with van der Waals surface area (Å²) in [6.07, 6.45) is 4.11. The highest BCUT2D eigenvalue weighted by molar-refractivity contribution is 7.92. The van der Waals surface area contributed by atoms with Crippen molar-refractivity contribution < 1.29 is 50.8 Å². The number of urea groups is 1. The molecule has 0 spiro atoms. The third-order valence-electron chi connectivity index (χ3n) is 7.36. The molecule has 0 saturated heterocycles. The van der Waals surface area contributed by atoms with E-state index < -0.39 is 68.7 Å². The van der Waals surface area contributed by atoms with Crippen LogP contribution in [0.15, 0.2) is 82.8 Å². The summed E-state index contributed by atoms with van der Waals surface area (Å²) in [5, 5.41) is 11.8. The van der Waals surface area contributed by atoms with E-state index in [0.717, 1.165) is 4.90 Å². The zero-order chi connectivity index (χ0) is 34.0. The lowest BCUT2D eigenvalue weighted by atomic mass is 9.97. The van der Waals surface area contributed by atoms with Gasteiger partial charge in [-0.25, -0.2) is 26.8 Å². The Kier molecular flexibility index (Phi) is 8.97. The maximum atomic E-state index is 15.0. The summed E-state index contributed by atoms with van der Waals surface area (Å²) >= 11 is 0.